The van der Waals surface area contributed by atoms with Gasteiger partial charge in [0.05, 0.1) is 31.7 Å². The molecule has 1 aromatic heterocycles. The minimum atomic E-state index is -3.17. The number of benzene rings is 1. The second-order valence-electron chi connectivity index (χ2n) is 5.54. The molecular weight excluding hydrogens is 357 g/mol. The van der Waals surface area contributed by atoms with Crippen LogP contribution in [0.4, 0.5) is 5.82 Å². The first-order chi connectivity index (χ1) is 12.6. The third kappa shape index (κ3) is 6.46. The molecule has 1 aromatic carbocycles. The Bertz CT molecular complexity index is 749. The van der Waals surface area contributed by atoms with Crippen LogP contribution in [0.15, 0.2) is 35.1 Å². The number of aromatic nitrogens is 2. The zero-order chi connectivity index (χ0) is 18.8. The summed E-state index contributed by atoms with van der Waals surface area (Å²) in [5, 5.41) is 0. The number of anilines is 1. The molecule has 0 aliphatic carbocycles. The van der Waals surface area contributed by atoms with Crippen molar-refractivity contribution in [3.63, 3.8) is 0 Å². The lowest BCUT2D eigenvalue weighted by atomic mass is 10.2. The van der Waals surface area contributed by atoms with Gasteiger partial charge < -0.3 is 14.0 Å². The third-order valence-electron chi connectivity index (χ3n) is 3.60. The van der Waals surface area contributed by atoms with Crippen LogP contribution in [-0.2, 0) is 31.3 Å². The summed E-state index contributed by atoms with van der Waals surface area (Å²) >= 11 is 0. The monoisotopic (exact) mass is 383 g/mol. The maximum Gasteiger partial charge on any atom is 0.331 e. The molecule has 3 N–H and O–H groups in total. The van der Waals surface area contributed by atoms with Crippen molar-refractivity contribution in [1.29, 1.82) is 0 Å². The van der Waals surface area contributed by atoms with Gasteiger partial charge in [0.2, 0.25) is 0 Å². The fourth-order valence-corrected chi connectivity index (χ4v) is 4.06. The lowest BCUT2D eigenvalue weighted by Gasteiger charge is -2.16. The minimum Gasteiger partial charge on any atom is -0.309 e. The second-order valence-corrected chi connectivity index (χ2v) is 7.72. The van der Waals surface area contributed by atoms with Crippen molar-refractivity contribution in [3.8, 4) is 0 Å². The van der Waals surface area contributed by atoms with E-state index in [4.69, 9.17) is 13.9 Å². The van der Waals surface area contributed by atoms with E-state index in [1.165, 1.54) is 0 Å². The van der Waals surface area contributed by atoms with Crippen molar-refractivity contribution in [1.82, 2.24) is 9.97 Å². The van der Waals surface area contributed by atoms with Crippen molar-refractivity contribution < 1.29 is 18.5 Å². The molecule has 0 atom stereocenters. The van der Waals surface area contributed by atoms with Gasteiger partial charge in [-0.15, -0.1) is 0 Å². The molecule has 0 saturated carbocycles. The first kappa shape index (κ1) is 20.5. The molecule has 0 saturated heterocycles. The fourth-order valence-electron chi connectivity index (χ4n) is 2.44. The number of H-pyrrole nitrogens is 2. The molecule has 1 heterocycles. The summed E-state index contributed by atoms with van der Waals surface area (Å²) in [4.78, 5) is 22.3. The first-order valence-corrected chi connectivity index (χ1v) is 10.4. The van der Waals surface area contributed by atoms with Crippen LogP contribution in [0.1, 0.15) is 25.1 Å². The van der Waals surface area contributed by atoms with Gasteiger partial charge in [-0.25, -0.2) is 10.3 Å². The quantitative estimate of drug-likeness (QED) is 0.295. The van der Waals surface area contributed by atoms with E-state index in [-0.39, 0.29) is 11.9 Å². The highest BCUT2D eigenvalue weighted by molar-refractivity contribution is 7.53. The number of aryl methyl sites for hydroxylation is 1. The summed E-state index contributed by atoms with van der Waals surface area (Å²) in [7, 11) is -3.17. The maximum atomic E-state index is 12.5. The summed E-state index contributed by atoms with van der Waals surface area (Å²) in [6.07, 6.45) is 1.23. The van der Waals surface area contributed by atoms with E-state index >= 15 is 0 Å². The van der Waals surface area contributed by atoms with Crippen LogP contribution in [0.3, 0.4) is 0 Å². The Morgan fingerprint density at radius 2 is 1.73 bits per heavy atom. The number of aromatic amines is 2. The Morgan fingerprint density at radius 1 is 1.04 bits per heavy atom. The Hall–Kier alpha value is -1.86. The highest BCUT2D eigenvalue weighted by atomic mass is 31.2. The molecule has 0 fully saturated rings. The Balaban J connectivity index is 1.88. The van der Waals surface area contributed by atoms with Gasteiger partial charge in [-0.1, -0.05) is 30.3 Å². The summed E-state index contributed by atoms with van der Waals surface area (Å²) in [6, 6.07) is 9.94. The molecule has 2 aromatic rings. The predicted octanol–water partition coefficient (Wildman–Crippen LogP) is 3.10. The maximum absolute atomic E-state index is 12.5. The highest BCUT2D eigenvalue weighted by Gasteiger charge is 2.24. The van der Waals surface area contributed by atoms with Gasteiger partial charge >= 0.3 is 13.3 Å². The topological polar surface area (TPSA) is 105 Å². The third-order valence-corrected chi connectivity index (χ3v) is 5.68. The Kier molecular flexibility index (Phi) is 8.12. The molecule has 0 unspecified atom stereocenters. The Labute approximate surface area is 152 Å². The standard InChI is InChI=1S/C17H26N3O5P/c1-3-24-26(22,25-4-2)13-11-15-16(19-17(21)18-15)20-23-12-10-14-8-6-5-7-9-14/h5-9,20H,3-4,10-13H2,1-2H3,(H2,18,19,21). The highest BCUT2D eigenvalue weighted by Crippen LogP contribution is 2.48. The molecular formula is C17H26N3O5P. The van der Waals surface area contributed by atoms with E-state index in [0.717, 1.165) is 12.0 Å². The molecule has 0 aliphatic rings. The van der Waals surface area contributed by atoms with E-state index in [0.29, 0.717) is 37.8 Å². The van der Waals surface area contributed by atoms with Gasteiger partial charge in [0.15, 0.2) is 5.82 Å². The van der Waals surface area contributed by atoms with Crippen LogP contribution < -0.4 is 11.2 Å². The first-order valence-electron chi connectivity index (χ1n) is 8.67. The summed E-state index contributed by atoms with van der Waals surface area (Å²) in [5.74, 6) is 0.419. The zero-order valence-electron chi connectivity index (χ0n) is 15.1. The van der Waals surface area contributed by atoms with Crippen LogP contribution in [0.25, 0.3) is 0 Å². The van der Waals surface area contributed by atoms with Crippen molar-refractivity contribution in [2.45, 2.75) is 26.7 Å². The molecule has 0 bridgehead atoms. The molecule has 0 aliphatic heterocycles. The lowest BCUT2D eigenvalue weighted by molar-refractivity contribution is 0.195. The average molecular weight is 383 g/mol. The van der Waals surface area contributed by atoms with Gasteiger partial charge in [0.1, 0.15) is 0 Å². The number of nitrogens with one attached hydrogen (secondary N) is 3. The molecule has 2 rings (SSSR count). The van der Waals surface area contributed by atoms with Crippen molar-refractivity contribution in [2.75, 3.05) is 31.5 Å². The summed E-state index contributed by atoms with van der Waals surface area (Å²) in [5.41, 5.74) is 4.11. The van der Waals surface area contributed by atoms with Gasteiger partial charge in [0, 0.05) is 6.42 Å². The van der Waals surface area contributed by atoms with Crippen molar-refractivity contribution >= 4 is 13.4 Å². The summed E-state index contributed by atoms with van der Waals surface area (Å²) < 4.78 is 23.1. The lowest BCUT2D eigenvalue weighted by Crippen LogP contribution is -2.09. The van der Waals surface area contributed by atoms with E-state index in [2.05, 4.69) is 15.4 Å². The van der Waals surface area contributed by atoms with E-state index in [1.54, 1.807) is 13.8 Å². The number of rotatable bonds is 12. The van der Waals surface area contributed by atoms with Gasteiger partial charge in [-0.05, 0) is 25.8 Å². The summed E-state index contributed by atoms with van der Waals surface area (Å²) in [6.45, 7) is 4.56. The largest absolute Gasteiger partial charge is 0.331 e. The van der Waals surface area contributed by atoms with Crippen LogP contribution >= 0.6 is 7.60 Å². The molecule has 0 spiro atoms. The van der Waals surface area contributed by atoms with E-state index < -0.39 is 7.60 Å². The van der Waals surface area contributed by atoms with Crippen LogP contribution in [0.2, 0.25) is 0 Å². The van der Waals surface area contributed by atoms with Gasteiger partial charge in [0.25, 0.3) is 0 Å². The van der Waals surface area contributed by atoms with Crippen LogP contribution in [0.5, 0.6) is 0 Å². The second kappa shape index (κ2) is 10.3. The molecule has 26 heavy (non-hydrogen) atoms. The van der Waals surface area contributed by atoms with Gasteiger partial charge in [-0.3, -0.25) is 14.4 Å². The molecule has 0 amide bonds. The minimum absolute atomic E-state index is 0.168. The fraction of sp³-hybridized carbons (Fsp3) is 0.471. The Morgan fingerprint density at radius 3 is 2.38 bits per heavy atom. The smallest absolute Gasteiger partial charge is 0.309 e. The number of hydrogen-bond acceptors (Lipinski definition) is 6. The van der Waals surface area contributed by atoms with E-state index in [9.17, 15) is 9.36 Å². The number of hydrogen-bond donors (Lipinski definition) is 3. The van der Waals surface area contributed by atoms with Crippen molar-refractivity contribution in [3.05, 3.63) is 52.1 Å². The molecule has 0 radical (unpaired) electrons. The molecule has 9 heteroatoms. The van der Waals surface area contributed by atoms with Crippen LogP contribution in [-0.4, -0.2) is 36.0 Å². The normalized spacial score (nSPS) is 11.6. The van der Waals surface area contributed by atoms with Gasteiger partial charge in [-0.2, -0.15) is 0 Å². The average Bonchev–Trinajstić information content (AvgIpc) is 2.98. The number of imidazole rings is 1. The van der Waals surface area contributed by atoms with Crippen LogP contribution in [0, 0.1) is 0 Å². The predicted molar refractivity (Wildman–Crippen MR) is 101 cm³/mol. The van der Waals surface area contributed by atoms with Crippen molar-refractivity contribution in [2.24, 2.45) is 0 Å². The van der Waals surface area contributed by atoms with E-state index in [1.807, 2.05) is 30.3 Å². The molecule has 144 valence electrons. The SMILES string of the molecule is CCOP(=O)(CCc1[nH]c(=O)[nH]c1NOCCc1ccccc1)OCC. The molecule has 8 nitrogen and oxygen atoms in total. The zero-order valence-corrected chi connectivity index (χ0v) is 16.0.